The van der Waals surface area contributed by atoms with Gasteiger partial charge < -0.3 is 5.32 Å². The van der Waals surface area contributed by atoms with Crippen LogP contribution in [0.3, 0.4) is 0 Å². The van der Waals surface area contributed by atoms with Crippen LogP contribution < -0.4 is 5.32 Å². The number of carbonyl (C=O) groups is 1. The Morgan fingerprint density at radius 3 is 2.67 bits per heavy atom. The number of hydrogen-bond acceptors (Lipinski definition) is 3. The summed E-state index contributed by atoms with van der Waals surface area (Å²) >= 11 is 0. The SMILES string of the molecule is O=CNC1CCC(Cn2ccc(-c3ccncc3)n2)CC1. The monoisotopic (exact) mass is 284 g/mol. The Hall–Kier alpha value is -2.17. The van der Waals surface area contributed by atoms with Crippen molar-refractivity contribution in [1.82, 2.24) is 20.1 Å². The van der Waals surface area contributed by atoms with Gasteiger partial charge in [-0.25, -0.2) is 0 Å². The number of nitrogens with zero attached hydrogens (tertiary/aromatic N) is 3. The quantitative estimate of drug-likeness (QED) is 0.857. The fourth-order valence-corrected chi connectivity index (χ4v) is 3.01. The Labute approximate surface area is 124 Å². The summed E-state index contributed by atoms with van der Waals surface area (Å²) in [6.45, 7) is 0.957. The van der Waals surface area contributed by atoms with Gasteiger partial charge in [-0.05, 0) is 49.8 Å². The van der Waals surface area contributed by atoms with Crippen molar-refractivity contribution in [3.05, 3.63) is 36.8 Å². The molecule has 0 aliphatic heterocycles. The minimum atomic E-state index is 0.365. The third-order valence-electron chi connectivity index (χ3n) is 4.21. The van der Waals surface area contributed by atoms with Gasteiger partial charge in [-0.2, -0.15) is 5.10 Å². The zero-order valence-electron chi connectivity index (χ0n) is 12.0. The molecule has 1 saturated carbocycles. The van der Waals surface area contributed by atoms with Crippen molar-refractivity contribution in [2.45, 2.75) is 38.3 Å². The normalized spacial score (nSPS) is 21.9. The summed E-state index contributed by atoms with van der Waals surface area (Å²) < 4.78 is 2.04. The highest BCUT2D eigenvalue weighted by atomic mass is 16.1. The minimum Gasteiger partial charge on any atom is -0.356 e. The molecule has 3 rings (SSSR count). The van der Waals surface area contributed by atoms with Gasteiger partial charge in [0.1, 0.15) is 0 Å². The second-order valence-electron chi connectivity index (χ2n) is 5.66. The topological polar surface area (TPSA) is 59.8 Å². The molecular formula is C16H20N4O. The average molecular weight is 284 g/mol. The van der Waals surface area contributed by atoms with Gasteiger partial charge in [0, 0.05) is 36.7 Å². The van der Waals surface area contributed by atoms with Crippen LogP contribution in [0.15, 0.2) is 36.8 Å². The first-order valence-electron chi connectivity index (χ1n) is 7.48. The van der Waals surface area contributed by atoms with Crippen LogP contribution in [-0.4, -0.2) is 27.2 Å². The van der Waals surface area contributed by atoms with Crippen LogP contribution in [-0.2, 0) is 11.3 Å². The van der Waals surface area contributed by atoms with Gasteiger partial charge in [0.05, 0.1) is 5.69 Å². The van der Waals surface area contributed by atoms with Crippen molar-refractivity contribution >= 4 is 6.41 Å². The highest BCUT2D eigenvalue weighted by Gasteiger charge is 2.21. The van der Waals surface area contributed by atoms with Gasteiger partial charge in [0.2, 0.25) is 6.41 Å². The number of pyridine rings is 1. The predicted octanol–water partition coefficient (Wildman–Crippen LogP) is 2.25. The molecule has 0 unspecified atom stereocenters. The smallest absolute Gasteiger partial charge is 0.207 e. The fraction of sp³-hybridized carbons (Fsp3) is 0.438. The van der Waals surface area contributed by atoms with Gasteiger partial charge in [-0.15, -0.1) is 0 Å². The van der Waals surface area contributed by atoms with Crippen molar-refractivity contribution in [2.24, 2.45) is 5.92 Å². The molecule has 110 valence electrons. The average Bonchev–Trinajstić information content (AvgIpc) is 2.99. The third kappa shape index (κ3) is 3.48. The number of amides is 1. The van der Waals surface area contributed by atoms with Gasteiger partial charge in [-0.1, -0.05) is 0 Å². The molecule has 1 N–H and O–H groups in total. The molecule has 1 aliphatic rings. The molecule has 21 heavy (non-hydrogen) atoms. The maximum Gasteiger partial charge on any atom is 0.207 e. The summed E-state index contributed by atoms with van der Waals surface area (Å²) in [6.07, 6.45) is 10.9. The Morgan fingerprint density at radius 2 is 1.95 bits per heavy atom. The molecule has 1 aliphatic carbocycles. The number of hydrogen-bond donors (Lipinski definition) is 1. The van der Waals surface area contributed by atoms with E-state index in [-0.39, 0.29) is 0 Å². The van der Waals surface area contributed by atoms with E-state index in [0.29, 0.717) is 12.0 Å². The lowest BCUT2D eigenvalue weighted by Crippen LogP contribution is -2.33. The van der Waals surface area contributed by atoms with Crippen LogP contribution >= 0.6 is 0 Å². The molecule has 2 aromatic heterocycles. The maximum atomic E-state index is 10.5. The fourth-order valence-electron chi connectivity index (χ4n) is 3.01. The third-order valence-corrected chi connectivity index (χ3v) is 4.21. The van der Waals surface area contributed by atoms with Crippen molar-refractivity contribution in [2.75, 3.05) is 0 Å². The zero-order valence-corrected chi connectivity index (χ0v) is 12.0. The standard InChI is InChI=1S/C16H20N4O/c21-12-18-15-3-1-13(2-4-15)11-20-10-7-16(19-20)14-5-8-17-9-6-14/h5-10,12-13,15H,1-4,11H2,(H,18,21). The number of rotatable bonds is 5. The van der Waals surface area contributed by atoms with E-state index in [0.717, 1.165) is 49.9 Å². The van der Waals surface area contributed by atoms with Crippen molar-refractivity contribution in [3.8, 4) is 11.3 Å². The summed E-state index contributed by atoms with van der Waals surface area (Å²) in [5, 5.41) is 7.53. The number of aromatic nitrogens is 3. The largest absolute Gasteiger partial charge is 0.356 e. The van der Waals surface area contributed by atoms with Crippen LogP contribution in [0, 0.1) is 5.92 Å². The van der Waals surface area contributed by atoms with E-state index >= 15 is 0 Å². The second kappa shape index (κ2) is 6.52. The zero-order chi connectivity index (χ0) is 14.5. The van der Waals surface area contributed by atoms with Crippen molar-refractivity contribution in [3.63, 3.8) is 0 Å². The molecule has 5 nitrogen and oxygen atoms in total. The van der Waals surface area contributed by atoms with E-state index in [9.17, 15) is 4.79 Å². The van der Waals surface area contributed by atoms with Crippen molar-refractivity contribution < 1.29 is 4.79 Å². The Morgan fingerprint density at radius 1 is 1.19 bits per heavy atom. The minimum absolute atomic E-state index is 0.365. The van der Waals surface area contributed by atoms with Crippen LogP contribution in [0.4, 0.5) is 0 Å². The van der Waals surface area contributed by atoms with E-state index < -0.39 is 0 Å². The highest BCUT2D eigenvalue weighted by Crippen LogP contribution is 2.26. The molecule has 0 saturated heterocycles. The summed E-state index contributed by atoms with van der Waals surface area (Å²) in [5.74, 6) is 0.653. The number of carbonyl (C=O) groups excluding carboxylic acids is 1. The lowest BCUT2D eigenvalue weighted by Gasteiger charge is -2.27. The van der Waals surface area contributed by atoms with E-state index in [1.165, 1.54) is 0 Å². The summed E-state index contributed by atoms with van der Waals surface area (Å²) in [4.78, 5) is 14.5. The summed E-state index contributed by atoms with van der Waals surface area (Å²) in [5.41, 5.74) is 2.09. The first-order chi connectivity index (χ1) is 10.3. The van der Waals surface area contributed by atoms with Crippen LogP contribution in [0.1, 0.15) is 25.7 Å². The molecule has 0 atom stereocenters. The van der Waals surface area contributed by atoms with E-state index in [1.807, 2.05) is 23.0 Å². The Kier molecular flexibility index (Phi) is 4.28. The van der Waals surface area contributed by atoms with Crippen LogP contribution in [0.2, 0.25) is 0 Å². The molecule has 2 aromatic rings. The molecular weight excluding hydrogens is 264 g/mol. The molecule has 2 heterocycles. The van der Waals surface area contributed by atoms with Crippen LogP contribution in [0.5, 0.6) is 0 Å². The van der Waals surface area contributed by atoms with Gasteiger partial charge >= 0.3 is 0 Å². The molecule has 0 spiro atoms. The molecule has 0 aromatic carbocycles. The summed E-state index contributed by atoms with van der Waals surface area (Å²) in [6, 6.07) is 6.37. The maximum absolute atomic E-state index is 10.5. The molecule has 0 radical (unpaired) electrons. The first kappa shape index (κ1) is 13.8. The van der Waals surface area contributed by atoms with Gasteiger partial charge in [0.15, 0.2) is 0 Å². The molecule has 1 fully saturated rings. The molecule has 0 bridgehead atoms. The molecule has 5 heteroatoms. The van der Waals surface area contributed by atoms with E-state index in [1.54, 1.807) is 12.4 Å². The second-order valence-corrected chi connectivity index (χ2v) is 5.66. The lowest BCUT2D eigenvalue weighted by atomic mass is 9.86. The van der Waals surface area contributed by atoms with Gasteiger partial charge in [-0.3, -0.25) is 14.5 Å². The van der Waals surface area contributed by atoms with Crippen LogP contribution in [0.25, 0.3) is 11.3 Å². The van der Waals surface area contributed by atoms with Gasteiger partial charge in [0.25, 0.3) is 0 Å². The Balaban J connectivity index is 1.57. The lowest BCUT2D eigenvalue weighted by molar-refractivity contribution is -0.110. The van der Waals surface area contributed by atoms with E-state index in [2.05, 4.69) is 21.5 Å². The van der Waals surface area contributed by atoms with Crippen molar-refractivity contribution in [1.29, 1.82) is 0 Å². The highest BCUT2D eigenvalue weighted by molar-refractivity contribution is 5.57. The first-order valence-corrected chi connectivity index (χ1v) is 7.48. The predicted molar refractivity (Wildman–Crippen MR) is 80.4 cm³/mol. The molecule has 1 amide bonds. The summed E-state index contributed by atoms with van der Waals surface area (Å²) in [7, 11) is 0. The Bertz CT molecular complexity index is 573. The number of nitrogens with one attached hydrogen (secondary N) is 1. The van der Waals surface area contributed by atoms with E-state index in [4.69, 9.17) is 0 Å².